The lowest BCUT2D eigenvalue weighted by molar-refractivity contribution is -0.384. The average Bonchev–Trinajstić information content (AvgIpc) is 2.06. The minimum atomic E-state index is -1.01. The van der Waals surface area contributed by atoms with Crippen molar-refractivity contribution in [1.29, 1.82) is 0 Å². The number of benzene rings is 1. The Hall–Kier alpha value is -0.750. The maximum absolute atomic E-state index is 10.5. The fourth-order valence-corrected chi connectivity index (χ4v) is 2.88. The summed E-state index contributed by atoms with van der Waals surface area (Å²) in [5, 5.41) is 20.1. The van der Waals surface area contributed by atoms with Crippen molar-refractivity contribution in [2.75, 3.05) is 12.5 Å². The molecule has 0 spiro atoms. The Bertz CT molecular complexity index is 389. The largest absolute Gasteiger partial charge is 0.508 e. The molecular weight excluding hydrogens is 282 g/mol. The first-order chi connectivity index (χ1) is 6.79. The van der Waals surface area contributed by atoms with Crippen LogP contribution >= 0.6 is 23.3 Å². The number of phenols is 1. The van der Waals surface area contributed by atoms with Crippen LogP contribution in [0.4, 0.5) is 5.69 Å². The lowest BCUT2D eigenvalue weighted by Crippen LogP contribution is -1.94. The van der Waals surface area contributed by atoms with E-state index in [2.05, 4.69) is 14.8 Å². The Morgan fingerprint density at radius 3 is 2.60 bits per heavy atom. The molecule has 0 fully saturated rings. The van der Waals surface area contributed by atoms with E-state index in [0.717, 1.165) is 0 Å². The zero-order chi connectivity index (χ0) is 11.6. The van der Waals surface area contributed by atoms with Crippen molar-refractivity contribution in [3.8, 4) is 5.75 Å². The van der Waals surface area contributed by atoms with E-state index in [1.54, 1.807) is 0 Å². The van der Waals surface area contributed by atoms with Gasteiger partial charge in [-0.25, -0.2) is 0 Å². The van der Waals surface area contributed by atoms with Gasteiger partial charge in [0, 0.05) is 23.4 Å². The van der Waals surface area contributed by atoms with Crippen LogP contribution in [0.25, 0.3) is 0 Å². The number of rotatable bonds is 3. The molecule has 0 amide bonds. The fourth-order valence-electron chi connectivity index (χ4n) is 1.17. The van der Waals surface area contributed by atoms with Gasteiger partial charge in [0.05, 0.1) is 4.92 Å². The summed E-state index contributed by atoms with van der Waals surface area (Å²) in [6.07, 6.45) is 4.04. The van der Waals surface area contributed by atoms with Crippen molar-refractivity contribution in [1.82, 2.24) is 0 Å². The number of aromatic hydroxyl groups is 1. The minimum Gasteiger partial charge on any atom is -0.508 e. The van der Waals surface area contributed by atoms with Crippen LogP contribution in [0, 0.1) is 10.1 Å². The summed E-state index contributed by atoms with van der Waals surface area (Å²) in [6, 6.07) is 4.09. The van der Waals surface area contributed by atoms with E-state index in [1.807, 2.05) is 12.5 Å². The molecule has 0 aliphatic heterocycles. The molecule has 84 valence electrons. The van der Waals surface area contributed by atoms with Crippen molar-refractivity contribution in [2.24, 2.45) is 0 Å². The van der Waals surface area contributed by atoms with E-state index in [9.17, 15) is 15.2 Å². The first-order valence-electron chi connectivity index (χ1n) is 4.16. The molecule has 0 saturated heterocycles. The normalized spacial score (nSPS) is 12.5. The average molecular weight is 294 g/mol. The Balaban J connectivity index is 3.06. The molecule has 0 aliphatic rings. The summed E-state index contributed by atoms with van der Waals surface area (Å²) in [5.74, 6) is 0.723. The van der Waals surface area contributed by atoms with E-state index in [-0.39, 0.29) is 11.4 Å². The van der Waals surface area contributed by atoms with Crippen LogP contribution in [0.2, 0.25) is 0 Å². The number of non-ortho nitro benzene ring substituents is 1. The van der Waals surface area contributed by atoms with Gasteiger partial charge < -0.3 is 5.11 Å². The summed E-state index contributed by atoms with van der Waals surface area (Å²) < 4.78 is 0. The molecule has 15 heavy (non-hydrogen) atoms. The zero-order valence-electron chi connectivity index (χ0n) is 8.44. The summed E-state index contributed by atoms with van der Waals surface area (Å²) >= 11 is 3.51. The van der Waals surface area contributed by atoms with Gasteiger partial charge in [-0.2, -0.15) is 8.46 Å². The maximum Gasteiger partial charge on any atom is 0.270 e. The van der Waals surface area contributed by atoms with E-state index in [0.29, 0.717) is 11.3 Å². The van der Waals surface area contributed by atoms with Crippen LogP contribution in [0.5, 0.6) is 5.75 Å². The minimum absolute atomic E-state index is 0.0129. The second-order valence-electron chi connectivity index (χ2n) is 3.62. The van der Waals surface area contributed by atoms with Crippen molar-refractivity contribution >= 4 is 29.0 Å². The predicted octanol–water partition coefficient (Wildman–Crippen LogP) is 3.17. The number of nitrogens with zero attached hydrogens (tertiary/aromatic N) is 1. The number of nitro benzene ring substituents is 1. The Morgan fingerprint density at radius 1 is 1.53 bits per heavy atom. The number of hydrogen-bond donors (Lipinski definition) is 1. The van der Waals surface area contributed by atoms with Gasteiger partial charge in [0.1, 0.15) is 5.75 Å². The fraction of sp³-hybridized carbons (Fsp3) is 0.333. The van der Waals surface area contributed by atoms with Crippen LogP contribution in [-0.2, 0) is 5.75 Å². The molecule has 1 aromatic carbocycles. The highest BCUT2D eigenvalue weighted by molar-refractivity contribution is 9.57. The van der Waals surface area contributed by atoms with Gasteiger partial charge in [-0.3, -0.25) is 10.1 Å². The van der Waals surface area contributed by atoms with Gasteiger partial charge in [-0.15, -0.1) is 0 Å². The van der Waals surface area contributed by atoms with Gasteiger partial charge in [-0.05, 0) is 33.4 Å². The SMILES string of the molecule is CS(C)(Br)Cc1cc([N+](=O)[O-])ccc1O. The Labute approximate surface area is 97.0 Å². The standard InChI is InChI=1S/C9H12BrNO3S/c1-15(2,10)6-7-5-8(11(13)14)3-4-9(7)12/h3-5,12H,6H2,1-2H3. The van der Waals surface area contributed by atoms with Gasteiger partial charge in [0.15, 0.2) is 0 Å². The smallest absolute Gasteiger partial charge is 0.270 e. The maximum atomic E-state index is 10.5. The van der Waals surface area contributed by atoms with Crippen LogP contribution < -0.4 is 0 Å². The summed E-state index contributed by atoms with van der Waals surface area (Å²) in [5.41, 5.74) is 0.625. The molecule has 0 atom stereocenters. The third-order valence-corrected chi connectivity index (χ3v) is 3.46. The molecule has 0 unspecified atom stereocenters. The highest BCUT2D eigenvalue weighted by Gasteiger charge is 2.15. The quantitative estimate of drug-likeness (QED) is 0.688. The third kappa shape index (κ3) is 3.71. The molecule has 1 aromatic rings. The zero-order valence-corrected chi connectivity index (χ0v) is 10.8. The molecule has 0 saturated carbocycles. The second-order valence-corrected chi connectivity index (χ2v) is 12.0. The number of hydrogen-bond acceptors (Lipinski definition) is 3. The number of halogens is 1. The van der Waals surface area contributed by atoms with Gasteiger partial charge in [0.25, 0.3) is 5.69 Å². The molecular formula is C9H12BrNO3S. The summed E-state index contributed by atoms with van der Waals surface area (Å²) in [4.78, 5) is 10.1. The molecule has 1 rings (SSSR count). The molecule has 4 nitrogen and oxygen atoms in total. The predicted molar refractivity (Wildman–Crippen MR) is 66.8 cm³/mol. The topological polar surface area (TPSA) is 63.4 Å². The van der Waals surface area contributed by atoms with Gasteiger partial charge >= 0.3 is 0 Å². The Morgan fingerprint density at radius 2 is 2.13 bits per heavy atom. The molecule has 0 bridgehead atoms. The van der Waals surface area contributed by atoms with Crippen molar-refractivity contribution in [3.05, 3.63) is 33.9 Å². The van der Waals surface area contributed by atoms with Crippen LogP contribution in [-0.4, -0.2) is 22.5 Å². The molecule has 0 radical (unpaired) electrons. The van der Waals surface area contributed by atoms with E-state index >= 15 is 0 Å². The number of phenolic OH excluding ortho intramolecular Hbond substituents is 1. The van der Waals surface area contributed by atoms with Gasteiger partial charge in [-0.1, -0.05) is 0 Å². The lowest BCUT2D eigenvalue weighted by Gasteiger charge is -2.22. The first kappa shape index (κ1) is 12.3. The second kappa shape index (κ2) is 4.40. The van der Waals surface area contributed by atoms with Crippen molar-refractivity contribution < 1.29 is 10.0 Å². The summed E-state index contributed by atoms with van der Waals surface area (Å²) in [7, 11) is -1.01. The van der Waals surface area contributed by atoms with Gasteiger partial charge in [0.2, 0.25) is 0 Å². The molecule has 6 heteroatoms. The van der Waals surface area contributed by atoms with E-state index < -0.39 is 13.4 Å². The van der Waals surface area contributed by atoms with Crippen molar-refractivity contribution in [3.63, 3.8) is 0 Å². The van der Waals surface area contributed by atoms with E-state index in [4.69, 9.17) is 0 Å². The number of nitro groups is 1. The summed E-state index contributed by atoms with van der Waals surface area (Å²) in [6.45, 7) is 0. The van der Waals surface area contributed by atoms with E-state index in [1.165, 1.54) is 18.2 Å². The highest BCUT2D eigenvalue weighted by Crippen LogP contribution is 2.52. The molecule has 0 aliphatic carbocycles. The Kier molecular flexibility index (Phi) is 3.62. The lowest BCUT2D eigenvalue weighted by atomic mass is 10.2. The first-order valence-corrected chi connectivity index (χ1v) is 8.62. The van der Waals surface area contributed by atoms with Crippen LogP contribution in [0.3, 0.4) is 0 Å². The monoisotopic (exact) mass is 293 g/mol. The molecule has 0 heterocycles. The van der Waals surface area contributed by atoms with Crippen molar-refractivity contribution in [2.45, 2.75) is 5.75 Å². The van der Waals surface area contributed by atoms with Crippen LogP contribution in [0.1, 0.15) is 5.56 Å². The molecule has 1 N–H and O–H groups in total. The van der Waals surface area contributed by atoms with Crippen LogP contribution in [0.15, 0.2) is 18.2 Å². The molecule has 0 aromatic heterocycles. The highest BCUT2D eigenvalue weighted by atomic mass is 79.9. The third-order valence-electron chi connectivity index (χ3n) is 1.77.